The molecule has 0 N–H and O–H groups in total. The van der Waals surface area contributed by atoms with Crippen LogP contribution in [0.2, 0.25) is 0 Å². The van der Waals surface area contributed by atoms with Crippen LogP contribution >= 0.6 is 11.3 Å². The molecule has 186 valence electrons. The number of fused-ring (bicyclic) bond motifs is 1. The van der Waals surface area contributed by atoms with E-state index in [4.69, 9.17) is 4.52 Å². The quantitative estimate of drug-likeness (QED) is 0.493. The third kappa shape index (κ3) is 4.32. The Morgan fingerprint density at radius 1 is 1.20 bits per heavy atom. The topological polar surface area (TPSA) is 96.6 Å². The Kier molecular flexibility index (Phi) is 6.31. The summed E-state index contributed by atoms with van der Waals surface area (Å²) in [6.45, 7) is 8.45. The SMILES string of the molecule is Cc1sc(-c2noc(C(C)C)n2)cc1S(=O)(=O)N1CCC(C(=O)N2c3ccccc3C[C@H]2C)CC1. The van der Waals surface area contributed by atoms with Gasteiger partial charge < -0.3 is 9.42 Å². The van der Waals surface area contributed by atoms with Crippen molar-refractivity contribution in [2.24, 2.45) is 5.92 Å². The van der Waals surface area contributed by atoms with Gasteiger partial charge in [0.25, 0.3) is 0 Å². The van der Waals surface area contributed by atoms with Crippen LogP contribution in [-0.4, -0.2) is 47.9 Å². The second-order valence-corrected chi connectivity index (χ2v) is 12.9. The van der Waals surface area contributed by atoms with Crippen LogP contribution in [-0.2, 0) is 21.2 Å². The molecule has 1 atom stereocenters. The summed E-state index contributed by atoms with van der Waals surface area (Å²) < 4.78 is 33.8. The van der Waals surface area contributed by atoms with Crippen molar-refractivity contribution in [3.63, 3.8) is 0 Å². The van der Waals surface area contributed by atoms with Gasteiger partial charge in [0, 0.05) is 41.5 Å². The van der Waals surface area contributed by atoms with Gasteiger partial charge in [0.05, 0.1) is 9.77 Å². The maximum absolute atomic E-state index is 13.5. The van der Waals surface area contributed by atoms with Crippen LogP contribution in [0.5, 0.6) is 0 Å². The Morgan fingerprint density at radius 3 is 2.60 bits per heavy atom. The number of hydrogen-bond donors (Lipinski definition) is 0. The lowest BCUT2D eigenvalue weighted by atomic mass is 9.96. The highest BCUT2D eigenvalue weighted by Crippen LogP contribution is 2.37. The first-order valence-corrected chi connectivity index (χ1v) is 14.3. The van der Waals surface area contributed by atoms with Crippen LogP contribution in [0.4, 0.5) is 5.69 Å². The van der Waals surface area contributed by atoms with E-state index in [2.05, 4.69) is 23.1 Å². The van der Waals surface area contributed by atoms with E-state index in [9.17, 15) is 13.2 Å². The van der Waals surface area contributed by atoms with Gasteiger partial charge in [0.15, 0.2) is 0 Å². The summed E-state index contributed by atoms with van der Waals surface area (Å²) in [7, 11) is -3.68. The number of piperidine rings is 1. The van der Waals surface area contributed by atoms with E-state index >= 15 is 0 Å². The maximum Gasteiger partial charge on any atom is 0.244 e. The van der Waals surface area contributed by atoms with Crippen molar-refractivity contribution in [3.8, 4) is 10.7 Å². The van der Waals surface area contributed by atoms with E-state index < -0.39 is 10.0 Å². The highest BCUT2D eigenvalue weighted by molar-refractivity contribution is 7.89. The average Bonchev–Trinajstić information content (AvgIpc) is 3.55. The standard InChI is InChI=1S/C25H30N4O4S2/c1-15(2)24-26-23(27-33-24)21-14-22(17(4)34-21)35(31,32)28-11-9-18(10-12-28)25(30)29-16(3)13-19-7-5-6-8-20(19)29/h5-8,14-16,18H,9-13H2,1-4H3/t16-/m1/s1. The van der Waals surface area contributed by atoms with E-state index in [0.29, 0.717) is 47.4 Å². The molecule has 1 saturated heterocycles. The molecule has 8 nitrogen and oxygen atoms in total. The number of sulfonamides is 1. The smallest absolute Gasteiger partial charge is 0.244 e. The highest BCUT2D eigenvalue weighted by atomic mass is 32.2. The third-order valence-electron chi connectivity index (χ3n) is 6.89. The molecule has 0 radical (unpaired) electrons. The van der Waals surface area contributed by atoms with Crippen molar-refractivity contribution in [1.29, 1.82) is 0 Å². The molecule has 10 heteroatoms. The molecule has 1 fully saturated rings. The van der Waals surface area contributed by atoms with Gasteiger partial charge in [-0.3, -0.25) is 4.79 Å². The van der Waals surface area contributed by atoms with Gasteiger partial charge in [-0.25, -0.2) is 8.42 Å². The summed E-state index contributed by atoms with van der Waals surface area (Å²) in [6, 6.07) is 9.80. The minimum Gasteiger partial charge on any atom is -0.339 e. The Hall–Kier alpha value is -2.56. The number of para-hydroxylation sites is 1. The fourth-order valence-electron chi connectivity index (χ4n) is 4.98. The fourth-order valence-corrected chi connectivity index (χ4v) is 7.94. The number of anilines is 1. The lowest BCUT2D eigenvalue weighted by molar-refractivity contribution is -0.123. The molecule has 2 aliphatic heterocycles. The predicted octanol–water partition coefficient (Wildman–Crippen LogP) is 4.61. The van der Waals surface area contributed by atoms with E-state index in [1.807, 2.05) is 36.9 Å². The normalized spacial score (nSPS) is 19.5. The monoisotopic (exact) mass is 514 g/mol. The maximum atomic E-state index is 13.5. The predicted molar refractivity (Wildman–Crippen MR) is 135 cm³/mol. The number of hydrogen-bond acceptors (Lipinski definition) is 7. The number of nitrogens with zero attached hydrogens (tertiary/aromatic N) is 4. The van der Waals surface area contributed by atoms with Gasteiger partial charge in [0.1, 0.15) is 0 Å². The average molecular weight is 515 g/mol. The molecule has 1 aromatic carbocycles. The largest absolute Gasteiger partial charge is 0.339 e. The van der Waals surface area contributed by atoms with Crippen molar-refractivity contribution in [3.05, 3.63) is 46.7 Å². The summed E-state index contributed by atoms with van der Waals surface area (Å²) in [5, 5.41) is 4.02. The van der Waals surface area contributed by atoms with Crippen molar-refractivity contribution in [2.45, 2.75) is 63.8 Å². The number of carbonyl (C=O) groups excluding carboxylic acids is 1. The molecule has 0 bridgehead atoms. The summed E-state index contributed by atoms with van der Waals surface area (Å²) in [5.41, 5.74) is 2.18. The Bertz CT molecular complexity index is 1350. The molecule has 5 rings (SSSR count). The molecule has 0 spiro atoms. The fraction of sp³-hybridized carbons (Fsp3) is 0.480. The third-order valence-corrected chi connectivity index (χ3v) is 10.1. The van der Waals surface area contributed by atoms with Crippen LogP contribution in [0.25, 0.3) is 10.7 Å². The van der Waals surface area contributed by atoms with Gasteiger partial charge in [-0.15, -0.1) is 11.3 Å². The number of benzene rings is 1. The van der Waals surface area contributed by atoms with E-state index in [1.165, 1.54) is 21.2 Å². The first-order chi connectivity index (χ1) is 16.7. The second kappa shape index (κ2) is 9.15. The molecule has 3 aromatic rings. The van der Waals surface area contributed by atoms with Gasteiger partial charge >= 0.3 is 0 Å². The lowest BCUT2D eigenvalue weighted by Crippen LogP contribution is -2.46. The van der Waals surface area contributed by atoms with Crippen LogP contribution < -0.4 is 4.90 Å². The molecule has 4 heterocycles. The molecule has 2 aliphatic rings. The van der Waals surface area contributed by atoms with Crippen LogP contribution in [0.15, 0.2) is 39.8 Å². The number of rotatable bonds is 5. The minimum absolute atomic E-state index is 0.0987. The summed E-state index contributed by atoms with van der Waals surface area (Å²) in [4.78, 5) is 21.4. The molecule has 0 unspecified atom stereocenters. The number of carbonyl (C=O) groups is 1. The zero-order chi connectivity index (χ0) is 24.9. The van der Waals surface area contributed by atoms with Crippen molar-refractivity contribution in [2.75, 3.05) is 18.0 Å². The Morgan fingerprint density at radius 2 is 1.91 bits per heavy atom. The van der Waals surface area contributed by atoms with E-state index in [-0.39, 0.29) is 28.7 Å². The van der Waals surface area contributed by atoms with Gasteiger partial charge in [-0.1, -0.05) is 37.2 Å². The summed E-state index contributed by atoms with van der Waals surface area (Å²) in [6.07, 6.45) is 1.89. The zero-order valence-electron chi connectivity index (χ0n) is 20.4. The lowest BCUT2D eigenvalue weighted by Gasteiger charge is -2.34. The molecular formula is C25H30N4O4S2. The Balaban J connectivity index is 1.29. The van der Waals surface area contributed by atoms with E-state index in [1.54, 1.807) is 13.0 Å². The Labute approximate surface area is 210 Å². The van der Waals surface area contributed by atoms with Crippen LogP contribution in [0.3, 0.4) is 0 Å². The molecule has 1 amide bonds. The van der Waals surface area contributed by atoms with Crippen LogP contribution in [0.1, 0.15) is 55.9 Å². The molecule has 0 aliphatic carbocycles. The minimum atomic E-state index is -3.68. The molecule has 0 saturated carbocycles. The number of aromatic nitrogens is 2. The second-order valence-electron chi connectivity index (χ2n) is 9.71. The van der Waals surface area contributed by atoms with Crippen molar-refractivity contribution >= 4 is 33.0 Å². The van der Waals surface area contributed by atoms with Crippen molar-refractivity contribution < 1.29 is 17.7 Å². The summed E-state index contributed by atoms with van der Waals surface area (Å²) in [5.74, 6) is 0.959. The number of thiophene rings is 1. The first-order valence-electron chi connectivity index (χ1n) is 12.0. The number of aryl methyl sites for hydroxylation is 1. The summed E-state index contributed by atoms with van der Waals surface area (Å²) >= 11 is 1.35. The van der Waals surface area contributed by atoms with Gasteiger partial charge in [-0.2, -0.15) is 9.29 Å². The highest BCUT2D eigenvalue weighted by Gasteiger charge is 2.38. The molecule has 2 aromatic heterocycles. The molecular weight excluding hydrogens is 484 g/mol. The first kappa shape index (κ1) is 24.1. The molecule has 35 heavy (non-hydrogen) atoms. The number of amides is 1. The van der Waals surface area contributed by atoms with Crippen molar-refractivity contribution in [1.82, 2.24) is 14.4 Å². The van der Waals surface area contributed by atoms with Crippen LogP contribution in [0, 0.1) is 12.8 Å². The van der Waals surface area contributed by atoms with Gasteiger partial charge in [0.2, 0.25) is 27.6 Å². The van der Waals surface area contributed by atoms with E-state index in [0.717, 1.165) is 12.1 Å². The van der Waals surface area contributed by atoms with Gasteiger partial charge in [-0.05, 0) is 50.8 Å². The zero-order valence-corrected chi connectivity index (χ0v) is 22.0.